The fourth-order valence-electron chi connectivity index (χ4n) is 4.01. The van der Waals surface area contributed by atoms with Gasteiger partial charge in [-0.2, -0.15) is 0 Å². The highest BCUT2D eigenvalue weighted by molar-refractivity contribution is 5.80. The van der Waals surface area contributed by atoms with Gasteiger partial charge >= 0.3 is 5.97 Å². The number of hydrogen-bond acceptors (Lipinski definition) is 6. The Bertz CT molecular complexity index is 1200. The van der Waals surface area contributed by atoms with Crippen LogP contribution < -0.4 is 15.0 Å². The summed E-state index contributed by atoms with van der Waals surface area (Å²) < 4.78 is 17.4. The molecule has 7 nitrogen and oxygen atoms in total. The van der Waals surface area contributed by atoms with Gasteiger partial charge in [0.15, 0.2) is 11.5 Å². The maximum absolute atomic E-state index is 13.6. The highest BCUT2D eigenvalue weighted by Gasteiger charge is 2.28. The molecule has 1 aromatic heterocycles. The molecule has 4 rings (SSSR count). The predicted octanol–water partition coefficient (Wildman–Crippen LogP) is 3.79. The van der Waals surface area contributed by atoms with E-state index in [1.54, 1.807) is 16.7 Å². The van der Waals surface area contributed by atoms with Gasteiger partial charge in [-0.3, -0.25) is 9.59 Å². The maximum Gasteiger partial charge on any atom is 0.306 e. The lowest BCUT2D eigenvalue weighted by atomic mass is 9.87. The molecule has 0 amide bonds. The molecule has 0 saturated carbocycles. The van der Waals surface area contributed by atoms with Gasteiger partial charge in [-0.1, -0.05) is 32.0 Å². The minimum absolute atomic E-state index is 0.0526. The molecule has 0 fully saturated rings. The normalized spacial score (nSPS) is 13.5. The average Bonchev–Trinajstić information content (AvgIpc) is 3.20. The topological polar surface area (TPSA) is 87.0 Å². The molecule has 2 heterocycles. The third kappa shape index (κ3) is 3.95. The molecule has 1 N–H and O–H groups in total. The number of nitrogens with zero attached hydrogens (tertiary/aromatic N) is 1. The molecular weight excluding hydrogens is 398 g/mol. The van der Waals surface area contributed by atoms with E-state index in [2.05, 4.69) is 0 Å². The van der Waals surface area contributed by atoms with Gasteiger partial charge in [0, 0.05) is 29.7 Å². The summed E-state index contributed by atoms with van der Waals surface area (Å²) in [7, 11) is 1.30. The molecule has 0 bridgehead atoms. The summed E-state index contributed by atoms with van der Waals surface area (Å²) in [5.41, 5.74) is 1.46. The second-order valence-electron chi connectivity index (χ2n) is 8.07. The first-order chi connectivity index (χ1) is 14.9. The summed E-state index contributed by atoms with van der Waals surface area (Å²) in [4.78, 5) is 25.9. The Morgan fingerprint density at radius 3 is 2.55 bits per heavy atom. The van der Waals surface area contributed by atoms with Gasteiger partial charge in [-0.25, -0.2) is 0 Å². The molecule has 31 heavy (non-hydrogen) atoms. The number of para-hydroxylation sites is 1. The van der Waals surface area contributed by atoms with Crippen LogP contribution in [-0.4, -0.2) is 29.5 Å². The van der Waals surface area contributed by atoms with E-state index in [-0.39, 0.29) is 30.4 Å². The Morgan fingerprint density at radius 1 is 1.13 bits per heavy atom. The first kappa shape index (κ1) is 20.8. The van der Waals surface area contributed by atoms with Gasteiger partial charge in [-0.05, 0) is 29.5 Å². The molecule has 3 aromatic rings. The van der Waals surface area contributed by atoms with Crippen LogP contribution in [0.15, 0.2) is 47.3 Å². The highest BCUT2D eigenvalue weighted by Crippen LogP contribution is 2.43. The maximum atomic E-state index is 13.6. The van der Waals surface area contributed by atoms with Crippen molar-refractivity contribution in [1.82, 2.24) is 4.57 Å². The number of rotatable bonds is 6. The van der Waals surface area contributed by atoms with E-state index in [0.29, 0.717) is 29.2 Å². The predicted molar refractivity (Wildman–Crippen MR) is 116 cm³/mol. The van der Waals surface area contributed by atoms with Gasteiger partial charge in [0.05, 0.1) is 19.0 Å². The zero-order chi connectivity index (χ0) is 22.1. The van der Waals surface area contributed by atoms with Crippen LogP contribution in [0, 0.1) is 5.92 Å². The number of fused-ring (bicyclic) bond motifs is 2. The van der Waals surface area contributed by atoms with Crippen molar-refractivity contribution in [2.45, 2.75) is 32.7 Å². The van der Waals surface area contributed by atoms with Crippen molar-refractivity contribution in [3.05, 3.63) is 63.9 Å². The van der Waals surface area contributed by atoms with Crippen LogP contribution in [0.2, 0.25) is 0 Å². The minimum Gasteiger partial charge on any atom is -0.508 e. The molecule has 2 aromatic carbocycles. The van der Waals surface area contributed by atoms with E-state index >= 15 is 0 Å². The standard InChI is InChI=1S/C24H25NO6/c1-14(2)12-25-19-7-5-4-6-15(19)8-18(24(25)28)16(10-23(27)29-3)17-9-21-22(11-20(17)26)31-13-30-21/h4-9,11,14,16,26H,10,12-13H2,1-3H3/t16-/m0/s1. The number of pyridine rings is 1. The fourth-order valence-corrected chi connectivity index (χ4v) is 4.01. The van der Waals surface area contributed by atoms with Crippen molar-refractivity contribution in [3.63, 3.8) is 0 Å². The van der Waals surface area contributed by atoms with Crippen molar-refractivity contribution in [3.8, 4) is 17.2 Å². The van der Waals surface area contributed by atoms with Gasteiger partial charge in [0.1, 0.15) is 5.75 Å². The average molecular weight is 423 g/mol. The summed E-state index contributed by atoms with van der Waals surface area (Å²) in [6, 6.07) is 12.5. The number of esters is 1. The van der Waals surface area contributed by atoms with Crippen LogP contribution in [0.25, 0.3) is 10.9 Å². The van der Waals surface area contributed by atoms with E-state index in [1.165, 1.54) is 13.2 Å². The summed E-state index contributed by atoms with van der Waals surface area (Å²) in [6.45, 7) is 4.68. The van der Waals surface area contributed by atoms with Gasteiger partial charge in [-0.15, -0.1) is 0 Å². The Kier molecular flexibility index (Phi) is 5.59. The van der Waals surface area contributed by atoms with Crippen LogP contribution in [-0.2, 0) is 16.1 Å². The monoisotopic (exact) mass is 423 g/mol. The van der Waals surface area contributed by atoms with Crippen molar-refractivity contribution >= 4 is 16.9 Å². The van der Waals surface area contributed by atoms with Crippen LogP contribution in [0.1, 0.15) is 37.3 Å². The third-order valence-electron chi connectivity index (χ3n) is 5.45. The summed E-state index contributed by atoms with van der Waals surface area (Å²) >= 11 is 0. The Hall–Kier alpha value is -3.48. The van der Waals surface area contributed by atoms with Crippen LogP contribution >= 0.6 is 0 Å². The number of hydrogen-bond donors (Lipinski definition) is 1. The van der Waals surface area contributed by atoms with Crippen molar-refractivity contribution < 1.29 is 24.1 Å². The van der Waals surface area contributed by atoms with Crippen LogP contribution in [0.3, 0.4) is 0 Å². The highest BCUT2D eigenvalue weighted by atomic mass is 16.7. The smallest absolute Gasteiger partial charge is 0.306 e. The molecule has 1 atom stereocenters. The molecule has 0 radical (unpaired) electrons. The molecule has 0 spiro atoms. The quantitative estimate of drug-likeness (QED) is 0.607. The molecular formula is C24H25NO6. The van der Waals surface area contributed by atoms with Crippen molar-refractivity contribution in [2.75, 3.05) is 13.9 Å². The summed E-state index contributed by atoms with van der Waals surface area (Å²) in [5.74, 6) is -0.127. The number of aromatic nitrogens is 1. The lowest BCUT2D eigenvalue weighted by Crippen LogP contribution is -2.28. The number of carbonyl (C=O) groups is 1. The van der Waals surface area contributed by atoms with E-state index in [0.717, 1.165) is 10.9 Å². The van der Waals surface area contributed by atoms with Crippen LogP contribution in [0.5, 0.6) is 17.2 Å². The first-order valence-electron chi connectivity index (χ1n) is 10.2. The van der Waals surface area contributed by atoms with Gasteiger partial charge in [0.2, 0.25) is 6.79 Å². The number of ether oxygens (including phenoxy) is 3. The largest absolute Gasteiger partial charge is 0.508 e. The second kappa shape index (κ2) is 8.34. The molecule has 7 heteroatoms. The van der Waals surface area contributed by atoms with Crippen molar-refractivity contribution in [1.29, 1.82) is 0 Å². The summed E-state index contributed by atoms with van der Waals surface area (Å²) in [6.07, 6.45) is -0.0983. The summed E-state index contributed by atoms with van der Waals surface area (Å²) in [5, 5.41) is 11.6. The minimum atomic E-state index is -0.711. The zero-order valence-corrected chi connectivity index (χ0v) is 17.8. The van der Waals surface area contributed by atoms with Gasteiger partial charge < -0.3 is 23.9 Å². The van der Waals surface area contributed by atoms with E-state index in [4.69, 9.17) is 14.2 Å². The fraction of sp³-hybridized carbons (Fsp3) is 0.333. The molecule has 0 aliphatic carbocycles. The molecule has 0 unspecified atom stereocenters. The van der Waals surface area contributed by atoms with Gasteiger partial charge in [0.25, 0.3) is 5.56 Å². The Balaban J connectivity index is 1.95. The number of phenolic OH excluding ortho intramolecular Hbond substituents is 1. The van der Waals surface area contributed by atoms with E-state index < -0.39 is 11.9 Å². The SMILES string of the molecule is COC(=O)C[C@@H](c1cc2c(cc1O)OCO2)c1cc2ccccc2n(CC(C)C)c1=O. The zero-order valence-electron chi connectivity index (χ0n) is 17.8. The lowest BCUT2D eigenvalue weighted by molar-refractivity contribution is -0.140. The molecule has 0 saturated heterocycles. The Morgan fingerprint density at radius 2 is 1.84 bits per heavy atom. The number of carbonyl (C=O) groups excluding carboxylic acids is 1. The molecule has 162 valence electrons. The number of aromatic hydroxyl groups is 1. The van der Waals surface area contributed by atoms with E-state index in [9.17, 15) is 14.7 Å². The third-order valence-corrected chi connectivity index (χ3v) is 5.45. The first-order valence-corrected chi connectivity index (χ1v) is 10.2. The van der Waals surface area contributed by atoms with Crippen LogP contribution in [0.4, 0.5) is 0 Å². The Labute approximate surface area is 179 Å². The molecule has 1 aliphatic rings. The van der Waals surface area contributed by atoms with E-state index in [1.807, 2.05) is 38.1 Å². The lowest BCUT2D eigenvalue weighted by Gasteiger charge is -2.21. The van der Waals surface area contributed by atoms with Crippen molar-refractivity contribution in [2.24, 2.45) is 5.92 Å². The number of phenols is 1. The number of methoxy groups -OCH3 is 1. The molecule has 1 aliphatic heterocycles. The second-order valence-corrected chi connectivity index (χ2v) is 8.07. The number of benzene rings is 2.